The van der Waals surface area contributed by atoms with Gasteiger partial charge in [-0.15, -0.1) is 0 Å². The van der Waals surface area contributed by atoms with Crippen LogP contribution in [0.5, 0.6) is 5.75 Å². The van der Waals surface area contributed by atoms with Crippen LogP contribution in [-0.2, 0) is 0 Å². The Hall–Kier alpha value is -1.22. The van der Waals surface area contributed by atoms with Gasteiger partial charge in [-0.1, -0.05) is 13.8 Å². The first-order valence-electron chi connectivity index (χ1n) is 6.95. The highest BCUT2D eigenvalue weighted by molar-refractivity contribution is 5.50. The lowest BCUT2D eigenvalue weighted by Crippen LogP contribution is -2.46. The summed E-state index contributed by atoms with van der Waals surface area (Å²) in [7, 11) is 1.71. The van der Waals surface area contributed by atoms with Crippen LogP contribution >= 0.6 is 0 Å². The standard InChI is InChI=1S/C16H26N2O/c1-15(2)10-17-16(3,4)12-18(11-15)13-6-8-14(19-5)9-7-13/h6-9,17H,10-12H2,1-5H3. The quantitative estimate of drug-likeness (QED) is 0.887. The van der Waals surface area contributed by atoms with Gasteiger partial charge >= 0.3 is 0 Å². The Morgan fingerprint density at radius 3 is 2.26 bits per heavy atom. The van der Waals surface area contributed by atoms with Crippen LogP contribution in [0.25, 0.3) is 0 Å². The van der Waals surface area contributed by atoms with Crippen molar-refractivity contribution in [1.29, 1.82) is 0 Å². The third-order valence-electron chi connectivity index (χ3n) is 3.69. The molecule has 0 aromatic heterocycles. The number of nitrogens with zero attached hydrogens (tertiary/aromatic N) is 1. The zero-order valence-electron chi connectivity index (χ0n) is 12.8. The molecule has 1 aromatic carbocycles. The molecule has 106 valence electrons. The van der Waals surface area contributed by atoms with E-state index in [2.05, 4.69) is 50.0 Å². The van der Waals surface area contributed by atoms with E-state index < -0.39 is 0 Å². The molecule has 19 heavy (non-hydrogen) atoms. The lowest BCUT2D eigenvalue weighted by molar-refractivity contribution is 0.332. The van der Waals surface area contributed by atoms with Gasteiger partial charge in [-0.25, -0.2) is 0 Å². The maximum atomic E-state index is 5.23. The van der Waals surface area contributed by atoms with Gasteiger partial charge in [0.2, 0.25) is 0 Å². The number of hydrogen-bond acceptors (Lipinski definition) is 3. The highest BCUT2D eigenvalue weighted by Crippen LogP contribution is 2.28. The third kappa shape index (κ3) is 3.63. The topological polar surface area (TPSA) is 24.5 Å². The highest BCUT2D eigenvalue weighted by atomic mass is 16.5. The predicted molar refractivity (Wildman–Crippen MR) is 81.1 cm³/mol. The molecule has 1 aromatic rings. The maximum Gasteiger partial charge on any atom is 0.119 e. The lowest BCUT2D eigenvalue weighted by atomic mass is 9.93. The van der Waals surface area contributed by atoms with E-state index in [9.17, 15) is 0 Å². The molecule has 3 nitrogen and oxygen atoms in total. The van der Waals surface area contributed by atoms with Crippen molar-refractivity contribution in [3.05, 3.63) is 24.3 Å². The molecule has 0 radical (unpaired) electrons. The minimum absolute atomic E-state index is 0.133. The molecule has 1 saturated heterocycles. The highest BCUT2D eigenvalue weighted by Gasteiger charge is 2.32. The summed E-state index contributed by atoms with van der Waals surface area (Å²) in [5.41, 5.74) is 1.67. The van der Waals surface area contributed by atoms with Crippen LogP contribution in [0.4, 0.5) is 5.69 Å². The molecule has 3 heteroatoms. The molecular formula is C16H26N2O. The molecule has 1 N–H and O–H groups in total. The Balaban J connectivity index is 2.24. The summed E-state index contributed by atoms with van der Waals surface area (Å²) in [5.74, 6) is 0.912. The normalized spacial score (nSPS) is 21.8. The van der Waals surface area contributed by atoms with E-state index in [1.54, 1.807) is 7.11 Å². The molecule has 0 atom stereocenters. The molecule has 0 saturated carbocycles. The molecule has 0 unspecified atom stereocenters. The number of nitrogens with one attached hydrogen (secondary N) is 1. The van der Waals surface area contributed by atoms with E-state index in [0.717, 1.165) is 25.4 Å². The molecule has 1 fully saturated rings. The number of benzene rings is 1. The van der Waals surface area contributed by atoms with Gasteiger partial charge < -0.3 is 15.0 Å². The Bertz CT molecular complexity index is 405. The van der Waals surface area contributed by atoms with Crippen LogP contribution in [0, 0.1) is 5.41 Å². The molecule has 1 aliphatic rings. The second-order valence-corrected chi connectivity index (χ2v) is 6.96. The van der Waals surface area contributed by atoms with Crippen molar-refractivity contribution in [1.82, 2.24) is 5.32 Å². The first-order valence-corrected chi connectivity index (χ1v) is 6.95. The van der Waals surface area contributed by atoms with Crippen LogP contribution in [0.15, 0.2) is 24.3 Å². The summed E-state index contributed by atoms with van der Waals surface area (Å²) in [4.78, 5) is 2.47. The van der Waals surface area contributed by atoms with Crippen molar-refractivity contribution < 1.29 is 4.74 Å². The summed E-state index contributed by atoms with van der Waals surface area (Å²) in [6, 6.07) is 8.37. The van der Waals surface area contributed by atoms with Gasteiger partial charge in [0.05, 0.1) is 7.11 Å². The molecule has 1 aliphatic heterocycles. The molecule has 0 aliphatic carbocycles. The van der Waals surface area contributed by atoms with Crippen molar-refractivity contribution in [2.45, 2.75) is 33.2 Å². The van der Waals surface area contributed by atoms with Gasteiger partial charge in [-0.3, -0.25) is 0 Å². The number of rotatable bonds is 2. The average Bonchev–Trinajstić information content (AvgIpc) is 2.46. The van der Waals surface area contributed by atoms with Gasteiger partial charge in [0, 0.05) is 30.9 Å². The molecular weight excluding hydrogens is 236 g/mol. The fraction of sp³-hybridized carbons (Fsp3) is 0.625. The first kappa shape index (κ1) is 14.2. The molecule has 0 amide bonds. The maximum absolute atomic E-state index is 5.23. The largest absolute Gasteiger partial charge is 0.497 e. The van der Waals surface area contributed by atoms with Crippen molar-refractivity contribution in [2.75, 3.05) is 31.6 Å². The van der Waals surface area contributed by atoms with Gasteiger partial charge in [-0.2, -0.15) is 0 Å². The van der Waals surface area contributed by atoms with Crippen LogP contribution in [0.2, 0.25) is 0 Å². The summed E-state index contributed by atoms with van der Waals surface area (Å²) < 4.78 is 5.23. The third-order valence-corrected chi connectivity index (χ3v) is 3.69. The van der Waals surface area contributed by atoms with Gasteiger partial charge in [0.25, 0.3) is 0 Å². The summed E-state index contributed by atoms with van der Waals surface area (Å²) in [6.45, 7) is 12.3. The first-order chi connectivity index (χ1) is 8.81. The SMILES string of the molecule is COc1ccc(N2CC(C)(C)CNC(C)(C)C2)cc1. The Labute approximate surface area is 116 Å². The second kappa shape index (κ2) is 5.04. The Kier molecular flexibility index (Phi) is 3.77. The van der Waals surface area contributed by atoms with Crippen molar-refractivity contribution >= 4 is 5.69 Å². The van der Waals surface area contributed by atoms with Crippen LogP contribution < -0.4 is 15.0 Å². The zero-order chi connectivity index (χ0) is 14.1. The molecule has 2 rings (SSSR count). The second-order valence-electron chi connectivity index (χ2n) is 6.96. The minimum Gasteiger partial charge on any atom is -0.497 e. The Morgan fingerprint density at radius 2 is 1.68 bits per heavy atom. The minimum atomic E-state index is 0.133. The number of hydrogen-bond donors (Lipinski definition) is 1. The number of anilines is 1. The monoisotopic (exact) mass is 262 g/mol. The summed E-state index contributed by atoms with van der Waals surface area (Å²) in [6.07, 6.45) is 0. The van der Waals surface area contributed by atoms with Crippen molar-refractivity contribution in [3.8, 4) is 5.75 Å². The molecule has 0 spiro atoms. The van der Waals surface area contributed by atoms with E-state index >= 15 is 0 Å². The lowest BCUT2D eigenvalue weighted by Gasteiger charge is -2.33. The number of ether oxygens (including phenoxy) is 1. The smallest absolute Gasteiger partial charge is 0.119 e. The van der Waals surface area contributed by atoms with Gasteiger partial charge in [-0.05, 0) is 43.5 Å². The van der Waals surface area contributed by atoms with E-state index in [1.807, 2.05) is 12.1 Å². The van der Waals surface area contributed by atoms with Crippen molar-refractivity contribution in [3.63, 3.8) is 0 Å². The van der Waals surface area contributed by atoms with Crippen LogP contribution in [-0.4, -0.2) is 32.3 Å². The zero-order valence-corrected chi connectivity index (χ0v) is 12.8. The molecule has 1 heterocycles. The Morgan fingerprint density at radius 1 is 1.05 bits per heavy atom. The van der Waals surface area contributed by atoms with E-state index in [-0.39, 0.29) is 11.0 Å². The summed E-state index contributed by atoms with van der Waals surface area (Å²) >= 11 is 0. The van der Waals surface area contributed by atoms with E-state index in [1.165, 1.54) is 5.69 Å². The summed E-state index contributed by atoms with van der Waals surface area (Å²) in [5, 5.41) is 3.67. The number of methoxy groups -OCH3 is 1. The molecule has 0 bridgehead atoms. The van der Waals surface area contributed by atoms with E-state index in [4.69, 9.17) is 4.74 Å². The fourth-order valence-electron chi connectivity index (χ4n) is 2.62. The predicted octanol–water partition coefficient (Wildman–Crippen LogP) is 2.91. The average molecular weight is 262 g/mol. The van der Waals surface area contributed by atoms with Crippen LogP contribution in [0.1, 0.15) is 27.7 Å². The van der Waals surface area contributed by atoms with E-state index in [0.29, 0.717) is 0 Å². The van der Waals surface area contributed by atoms with Crippen molar-refractivity contribution in [2.24, 2.45) is 5.41 Å². The fourth-order valence-corrected chi connectivity index (χ4v) is 2.62. The van der Waals surface area contributed by atoms with Gasteiger partial charge in [0.15, 0.2) is 0 Å². The van der Waals surface area contributed by atoms with Crippen LogP contribution in [0.3, 0.4) is 0 Å². The van der Waals surface area contributed by atoms with Gasteiger partial charge in [0.1, 0.15) is 5.75 Å².